The highest BCUT2D eigenvalue weighted by Crippen LogP contribution is 2.31. The Labute approximate surface area is 297 Å². The summed E-state index contributed by atoms with van der Waals surface area (Å²) in [7, 11) is 0. The van der Waals surface area contributed by atoms with Crippen LogP contribution in [0.25, 0.3) is 57.3 Å². The van der Waals surface area contributed by atoms with Crippen molar-refractivity contribution in [3.05, 3.63) is 209 Å². The van der Waals surface area contributed by atoms with Gasteiger partial charge in [0.25, 0.3) is 0 Å². The van der Waals surface area contributed by atoms with Crippen LogP contribution in [0.4, 0.5) is 0 Å². The zero-order chi connectivity index (χ0) is 34.6. The fourth-order valence-corrected chi connectivity index (χ4v) is 6.74. The maximum atomic E-state index is 6.77. The van der Waals surface area contributed by atoms with Crippen LogP contribution in [-0.2, 0) is 6.42 Å². The zero-order valence-electron chi connectivity index (χ0n) is 28.1. The SMILES string of the molecule is C=CC(c1cccc(CC(c2ccccc2)c2ccccc2)c1)=c1oc2c(-c3nc(-c4ccccc4)nc(-c4ccccc4)n3)cccc2c1=C. The first-order valence-electron chi connectivity index (χ1n) is 17.1. The largest absolute Gasteiger partial charge is 0.455 e. The van der Waals surface area contributed by atoms with Gasteiger partial charge in [0, 0.05) is 33.2 Å². The average Bonchev–Trinajstić information content (AvgIpc) is 3.54. The van der Waals surface area contributed by atoms with Crippen molar-refractivity contribution in [3.8, 4) is 34.2 Å². The Morgan fingerprint density at radius 2 is 1.12 bits per heavy atom. The number of fused-ring (bicyclic) bond motifs is 1. The maximum Gasteiger partial charge on any atom is 0.167 e. The van der Waals surface area contributed by atoms with Gasteiger partial charge in [-0.2, -0.15) is 0 Å². The van der Waals surface area contributed by atoms with Gasteiger partial charge in [-0.3, -0.25) is 0 Å². The first-order valence-corrected chi connectivity index (χ1v) is 17.1. The van der Waals surface area contributed by atoms with Crippen LogP contribution in [0, 0.1) is 0 Å². The third-order valence-electron chi connectivity index (χ3n) is 9.29. The standard InChI is InChI=1S/C47H35N3O/c1-3-39(38-27-16-18-33(30-38)31-42(34-19-8-4-9-20-34)35-21-10-5-11-22-35)43-32(2)40-28-17-29-41(44(40)51-43)47-49-45(36-23-12-6-13-24-36)48-46(50-47)37-25-14-7-15-26-37/h3-30,42H,1-2,31H2. The summed E-state index contributed by atoms with van der Waals surface area (Å²) >= 11 is 0. The molecule has 0 aliphatic heterocycles. The Balaban J connectivity index is 1.25. The normalized spacial score (nSPS) is 11.9. The molecular formula is C47H35N3O. The lowest BCUT2D eigenvalue weighted by atomic mass is 9.85. The molecule has 2 heterocycles. The lowest BCUT2D eigenvalue weighted by Gasteiger charge is -2.19. The summed E-state index contributed by atoms with van der Waals surface area (Å²) in [4.78, 5) is 14.8. The minimum absolute atomic E-state index is 0.217. The Hall–Kier alpha value is -6.65. The van der Waals surface area contributed by atoms with E-state index in [1.807, 2.05) is 84.9 Å². The molecule has 0 aliphatic rings. The van der Waals surface area contributed by atoms with Gasteiger partial charge >= 0.3 is 0 Å². The van der Waals surface area contributed by atoms with Gasteiger partial charge in [-0.25, -0.2) is 15.0 Å². The molecule has 0 bridgehead atoms. The number of benzene rings is 6. The van der Waals surface area contributed by atoms with Crippen molar-refractivity contribution in [1.29, 1.82) is 0 Å². The summed E-state index contributed by atoms with van der Waals surface area (Å²) in [6, 6.07) is 56.1. The Morgan fingerprint density at radius 1 is 0.588 bits per heavy atom. The highest BCUT2D eigenvalue weighted by atomic mass is 16.3. The van der Waals surface area contributed by atoms with E-state index < -0.39 is 0 Å². The molecule has 51 heavy (non-hydrogen) atoms. The second-order valence-electron chi connectivity index (χ2n) is 12.5. The third-order valence-corrected chi connectivity index (χ3v) is 9.29. The predicted octanol–water partition coefficient (Wildman–Crippen LogP) is 9.79. The van der Waals surface area contributed by atoms with E-state index in [4.69, 9.17) is 19.4 Å². The van der Waals surface area contributed by atoms with Crippen molar-refractivity contribution in [1.82, 2.24) is 15.0 Å². The Morgan fingerprint density at radius 3 is 1.69 bits per heavy atom. The molecule has 0 saturated heterocycles. The fourth-order valence-electron chi connectivity index (χ4n) is 6.74. The summed E-state index contributed by atoms with van der Waals surface area (Å²) in [5.74, 6) is 1.94. The minimum Gasteiger partial charge on any atom is -0.455 e. The average molecular weight is 658 g/mol. The van der Waals surface area contributed by atoms with E-state index in [0.717, 1.165) is 44.9 Å². The lowest BCUT2D eigenvalue weighted by molar-refractivity contribution is 0.574. The molecule has 0 atom stereocenters. The number of nitrogens with zero attached hydrogens (tertiary/aromatic N) is 3. The first-order chi connectivity index (χ1) is 25.2. The highest BCUT2D eigenvalue weighted by Gasteiger charge is 2.19. The number of allylic oxidation sites excluding steroid dienone is 1. The topological polar surface area (TPSA) is 51.8 Å². The van der Waals surface area contributed by atoms with Crippen LogP contribution in [-0.4, -0.2) is 15.0 Å². The monoisotopic (exact) mass is 657 g/mol. The summed E-state index contributed by atoms with van der Waals surface area (Å²) < 4.78 is 6.77. The molecule has 0 unspecified atom stereocenters. The molecule has 8 rings (SSSR count). The van der Waals surface area contributed by atoms with Crippen molar-refractivity contribution in [2.45, 2.75) is 12.3 Å². The Bertz CT molecular complexity index is 2480. The van der Waals surface area contributed by atoms with Crippen molar-refractivity contribution < 1.29 is 4.42 Å². The summed E-state index contributed by atoms with van der Waals surface area (Å²) in [6.45, 7) is 8.73. The second kappa shape index (κ2) is 14.1. The minimum atomic E-state index is 0.217. The number of para-hydroxylation sites is 1. The molecule has 2 aromatic heterocycles. The molecular weight excluding hydrogens is 623 g/mol. The Kier molecular flexibility index (Phi) is 8.72. The molecule has 0 aliphatic carbocycles. The van der Waals surface area contributed by atoms with Crippen molar-refractivity contribution >= 4 is 23.1 Å². The molecule has 6 aromatic carbocycles. The second-order valence-corrected chi connectivity index (χ2v) is 12.5. The van der Waals surface area contributed by atoms with Gasteiger partial charge in [-0.1, -0.05) is 177 Å². The molecule has 0 amide bonds. The van der Waals surface area contributed by atoms with Gasteiger partial charge in [0.1, 0.15) is 11.0 Å². The van der Waals surface area contributed by atoms with Gasteiger partial charge in [0.05, 0.1) is 5.56 Å². The van der Waals surface area contributed by atoms with E-state index in [1.165, 1.54) is 16.7 Å². The molecule has 0 N–H and O–H groups in total. The van der Waals surface area contributed by atoms with Crippen LogP contribution in [0.1, 0.15) is 28.2 Å². The van der Waals surface area contributed by atoms with Crippen LogP contribution in [0.2, 0.25) is 0 Å². The van der Waals surface area contributed by atoms with E-state index in [9.17, 15) is 0 Å². The zero-order valence-corrected chi connectivity index (χ0v) is 28.1. The van der Waals surface area contributed by atoms with Crippen LogP contribution in [0.5, 0.6) is 0 Å². The number of rotatable bonds is 9. The predicted molar refractivity (Wildman–Crippen MR) is 208 cm³/mol. The van der Waals surface area contributed by atoms with E-state index in [-0.39, 0.29) is 5.92 Å². The molecule has 0 spiro atoms. The van der Waals surface area contributed by atoms with E-state index in [0.29, 0.717) is 28.5 Å². The van der Waals surface area contributed by atoms with Crippen LogP contribution < -0.4 is 10.6 Å². The molecule has 4 heteroatoms. The van der Waals surface area contributed by atoms with Crippen LogP contribution in [0.3, 0.4) is 0 Å². The van der Waals surface area contributed by atoms with Crippen molar-refractivity contribution in [3.63, 3.8) is 0 Å². The van der Waals surface area contributed by atoms with E-state index in [2.05, 4.69) is 98.1 Å². The van der Waals surface area contributed by atoms with E-state index in [1.54, 1.807) is 0 Å². The molecule has 244 valence electrons. The van der Waals surface area contributed by atoms with Crippen LogP contribution in [0.15, 0.2) is 181 Å². The number of furan rings is 1. The molecule has 4 nitrogen and oxygen atoms in total. The maximum absolute atomic E-state index is 6.77. The van der Waals surface area contributed by atoms with Gasteiger partial charge in [-0.15, -0.1) is 0 Å². The van der Waals surface area contributed by atoms with Crippen molar-refractivity contribution in [2.24, 2.45) is 0 Å². The summed E-state index contributed by atoms with van der Waals surface area (Å²) in [5, 5.41) is 1.69. The highest BCUT2D eigenvalue weighted by molar-refractivity contribution is 5.92. The number of aromatic nitrogens is 3. The van der Waals surface area contributed by atoms with Gasteiger partial charge < -0.3 is 4.42 Å². The lowest BCUT2D eigenvalue weighted by Crippen LogP contribution is -2.21. The van der Waals surface area contributed by atoms with Crippen molar-refractivity contribution in [2.75, 3.05) is 0 Å². The van der Waals surface area contributed by atoms with Crippen LogP contribution >= 0.6 is 0 Å². The quantitative estimate of drug-likeness (QED) is 0.155. The molecule has 0 fully saturated rings. The molecule has 0 saturated carbocycles. The third kappa shape index (κ3) is 6.43. The summed E-state index contributed by atoms with van der Waals surface area (Å²) in [6.07, 6.45) is 2.71. The first kappa shape index (κ1) is 31.6. The fraction of sp³-hybridized carbons (Fsp3) is 0.0426. The van der Waals surface area contributed by atoms with Gasteiger partial charge in [-0.05, 0) is 34.7 Å². The molecule has 8 aromatic rings. The van der Waals surface area contributed by atoms with E-state index >= 15 is 0 Å². The molecule has 0 radical (unpaired) electrons. The number of hydrogen-bond acceptors (Lipinski definition) is 4. The van der Waals surface area contributed by atoms with Gasteiger partial charge in [0.15, 0.2) is 17.5 Å². The summed E-state index contributed by atoms with van der Waals surface area (Å²) in [5.41, 5.74) is 9.63. The smallest absolute Gasteiger partial charge is 0.167 e. The van der Waals surface area contributed by atoms with Gasteiger partial charge in [0.2, 0.25) is 0 Å². The number of hydrogen-bond donors (Lipinski definition) is 0.